The minimum absolute atomic E-state index is 0.585. The second kappa shape index (κ2) is 4.45. The highest BCUT2D eigenvalue weighted by Crippen LogP contribution is 2.43. The van der Waals surface area contributed by atoms with Crippen molar-refractivity contribution in [2.45, 2.75) is 12.9 Å². The summed E-state index contributed by atoms with van der Waals surface area (Å²) in [6.07, 6.45) is 2.58. The molecule has 0 amide bonds. The molecule has 0 aliphatic carbocycles. The fraction of sp³-hybridized carbons (Fsp3) is 0.333. The molecule has 0 spiro atoms. The van der Waals surface area contributed by atoms with E-state index in [1.807, 2.05) is 18.2 Å². The van der Waals surface area contributed by atoms with Crippen molar-refractivity contribution in [2.75, 3.05) is 14.2 Å². The van der Waals surface area contributed by atoms with Crippen LogP contribution in [0.15, 0.2) is 24.8 Å². The summed E-state index contributed by atoms with van der Waals surface area (Å²) in [5.41, 5.74) is 1.06. The molecule has 0 fully saturated rings. The summed E-state index contributed by atoms with van der Waals surface area (Å²) in [6.45, 7) is 3.01. The van der Waals surface area contributed by atoms with E-state index in [0.29, 0.717) is 17.2 Å². The molecule has 0 saturated carbocycles. The largest absolute Gasteiger partial charge is 0.493 e. The quantitative estimate of drug-likeness (QED) is 0.731. The smallest absolute Gasteiger partial charge is 0.361 e. The Balaban J connectivity index is 2.36. The number of allylic oxidation sites excluding steroid dienone is 1. The number of benzene rings is 1. The summed E-state index contributed by atoms with van der Waals surface area (Å²) in [4.78, 5) is 0. The van der Waals surface area contributed by atoms with Crippen LogP contribution < -0.4 is 14.2 Å². The predicted molar refractivity (Wildman–Crippen MR) is 58.9 cm³/mol. The SMILES string of the molecule is C=CCc1cc(OC)c2c(c1)OC(OC)O2. The van der Waals surface area contributed by atoms with E-state index in [-0.39, 0.29) is 0 Å². The first-order valence-electron chi connectivity index (χ1n) is 4.96. The predicted octanol–water partition coefficient (Wildman–Crippen LogP) is 2.12. The molecule has 4 heteroatoms. The molecule has 16 heavy (non-hydrogen) atoms. The van der Waals surface area contributed by atoms with E-state index in [1.54, 1.807) is 7.11 Å². The van der Waals surface area contributed by atoms with Gasteiger partial charge in [0.15, 0.2) is 11.5 Å². The lowest BCUT2D eigenvalue weighted by Gasteiger charge is -2.07. The molecule has 1 aliphatic heterocycles. The molecule has 0 bridgehead atoms. The van der Waals surface area contributed by atoms with Crippen LogP contribution in [0.1, 0.15) is 5.56 Å². The topological polar surface area (TPSA) is 36.9 Å². The van der Waals surface area contributed by atoms with Gasteiger partial charge in [-0.25, -0.2) is 0 Å². The zero-order chi connectivity index (χ0) is 11.5. The third-order valence-electron chi connectivity index (χ3n) is 2.31. The van der Waals surface area contributed by atoms with E-state index in [0.717, 1.165) is 12.0 Å². The highest BCUT2D eigenvalue weighted by Gasteiger charge is 2.28. The van der Waals surface area contributed by atoms with Gasteiger partial charge in [0.2, 0.25) is 5.75 Å². The van der Waals surface area contributed by atoms with Gasteiger partial charge in [-0.1, -0.05) is 6.08 Å². The number of hydrogen-bond acceptors (Lipinski definition) is 4. The van der Waals surface area contributed by atoms with Gasteiger partial charge in [0, 0.05) is 7.11 Å². The first-order valence-corrected chi connectivity index (χ1v) is 4.96. The van der Waals surface area contributed by atoms with Gasteiger partial charge in [-0.15, -0.1) is 6.58 Å². The zero-order valence-electron chi connectivity index (χ0n) is 9.36. The highest BCUT2D eigenvalue weighted by molar-refractivity contribution is 5.55. The van der Waals surface area contributed by atoms with Crippen molar-refractivity contribution in [1.82, 2.24) is 0 Å². The van der Waals surface area contributed by atoms with Crippen LogP contribution in [0.4, 0.5) is 0 Å². The Labute approximate surface area is 94.4 Å². The van der Waals surface area contributed by atoms with Crippen molar-refractivity contribution < 1.29 is 18.9 Å². The van der Waals surface area contributed by atoms with E-state index in [1.165, 1.54) is 7.11 Å². The van der Waals surface area contributed by atoms with Crippen LogP contribution in [0.25, 0.3) is 0 Å². The van der Waals surface area contributed by atoms with Crippen molar-refractivity contribution in [1.29, 1.82) is 0 Å². The van der Waals surface area contributed by atoms with Gasteiger partial charge >= 0.3 is 6.48 Å². The van der Waals surface area contributed by atoms with Crippen LogP contribution in [0.5, 0.6) is 17.2 Å². The maximum atomic E-state index is 5.43. The Morgan fingerprint density at radius 3 is 2.81 bits per heavy atom. The molecule has 2 rings (SSSR count). The number of hydrogen-bond donors (Lipinski definition) is 0. The Hall–Kier alpha value is -1.68. The van der Waals surface area contributed by atoms with Crippen LogP contribution in [0, 0.1) is 0 Å². The second-order valence-corrected chi connectivity index (χ2v) is 3.38. The van der Waals surface area contributed by atoms with Crippen LogP contribution in [0.2, 0.25) is 0 Å². The van der Waals surface area contributed by atoms with Crippen LogP contribution >= 0.6 is 0 Å². The molecule has 1 unspecified atom stereocenters. The molecule has 86 valence electrons. The average molecular weight is 222 g/mol. The Bertz CT molecular complexity index is 400. The third-order valence-corrected chi connectivity index (χ3v) is 2.31. The Morgan fingerprint density at radius 2 is 2.19 bits per heavy atom. The van der Waals surface area contributed by atoms with Gasteiger partial charge in [-0.05, 0) is 24.1 Å². The molecule has 1 aliphatic rings. The van der Waals surface area contributed by atoms with E-state index in [2.05, 4.69) is 6.58 Å². The van der Waals surface area contributed by atoms with Gasteiger partial charge < -0.3 is 18.9 Å². The maximum Gasteiger partial charge on any atom is 0.361 e. The molecular weight excluding hydrogens is 208 g/mol. The first kappa shape index (κ1) is 10.8. The fourth-order valence-electron chi connectivity index (χ4n) is 1.59. The van der Waals surface area contributed by atoms with E-state index < -0.39 is 6.48 Å². The highest BCUT2D eigenvalue weighted by atomic mass is 16.9. The van der Waals surface area contributed by atoms with Crippen molar-refractivity contribution in [3.63, 3.8) is 0 Å². The fourth-order valence-corrected chi connectivity index (χ4v) is 1.59. The van der Waals surface area contributed by atoms with Crippen molar-refractivity contribution in [3.05, 3.63) is 30.4 Å². The second-order valence-electron chi connectivity index (χ2n) is 3.38. The molecular formula is C12H14O4. The molecule has 1 aromatic rings. The number of methoxy groups -OCH3 is 2. The molecule has 0 saturated heterocycles. The Morgan fingerprint density at radius 1 is 1.38 bits per heavy atom. The lowest BCUT2D eigenvalue weighted by Crippen LogP contribution is -2.19. The molecule has 1 heterocycles. The summed E-state index contributed by atoms with van der Waals surface area (Å²) in [5.74, 6) is 1.87. The Kier molecular flexibility index (Phi) is 3.01. The number of rotatable bonds is 4. The van der Waals surface area contributed by atoms with Gasteiger partial charge in [0.1, 0.15) is 0 Å². The standard InChI is InChI=1S/C12H14O4/c1-4-5-8-6-9(13-2)11-10(7-8)15-12(14-3)16-11/h4,6-7,12H,1,5H2,2-3H3. The summed E-state index contributed by atoms with van der Waals surface area (Å²) in [6, 6.07) is 3.81. The zero-order valence-corrected chi connectivity index (χ0v) is 9.36. The molecule has 0 N–H and O–H groups in total. The minimum Gasteiger partial charge on any atom is -0.493 e. The van der Waals surface area contributed by atoms with Crippen molar-refractivity contribution >= 4 is 0 Å². The maximum absolute atomic E-state index is 5.43. The molecule has 0 radical (unpaired) electrons. The molecule has 0 aromatic heterocycles. The van der Waals surface area contributed by atoms with E-state index in [9.17, 15) is 0 Å². The summed E-state index contributed by atoms with van der Waals surface area (Å²) in [5, 5.41) is 0. The van der Waals surface area contributed by atoms with Crippen molar-refractivity contribution in [2.24, 2.45) is 0 Å². The van der Waals surface area contributed by atoms with E-state index >= 15 is 0 Å². The summed E-state index contributed by atoms with van der Waals surface area (Å²) < 4.78 is 21.1. The normalized spacial score (nSPS) is 17.2. The first-order chi connectivity index (χ1) is 7.78. The lowest BCUT2D eigenvalue weighted by molar-refractivity contribution is -0.158. The van der Waals surface area contributed by atoms with Crippen LogP contribution in [0.3, 0.4) is 0 Å². The summed E-state index contributed by atoms with van der Waals surface area (Å²) >= 11 is 0. The number of ether oxygens (including phenoxy) is 4. The molecule has 1 atom stereocenters. The lowest BCUT2D eigenvalue weighted by atomic mass is 10.1. The van der Waals surface area contributed by atoms with Gasteiger partial charge in [0.25, 0.3) is 0 Å². The van der Waals surface area contributed by atoms with E-state index in [4.69, 9.17) is 18.9 Å². The average Bonchev–Trinajstić information content (AvgIpc) is 2.71. The van der Waals surface area contributed by atoms with Crippen LogP contribution in [-0.2, 0) is 11.2 Å². The monoisotopic (exact) mass is 222 g/mol. The number of fused-ring (bicyclic) bond motifs is 1. The van der Waals surface area contributed by atoms with Gasteiger partial charge in [-0.3, -0.25) is 0 Å². The van der Waals surface area contributed by atoms with Gasteiger partial charge in [0.05, 0.1) is 7.11 Å². The van der Waals surface area contributed by atoms with Crippen molar-refractivity contribution in [3.8, 4) is 17.2 Å². The summed E-state index contributed by atoms with van der Waals surface area (Å²) in [7, 11) is 3.12. The van der Waals surface area contributed by atoms with Crippen LogP contribution in [-0.4, -0.2) is 20.7 Å². The molecule has 1 aromatic carbocycles. The van der Waals surface area contributed by atoms with Gasteiger partial charge in [-0.2, -0.15) is 0 Å². The minimum atomic E-state index is -0.692. The third kappa shape index (κ3) is 1.84. The molecule has 4 nitrogen and oxygen atoms in total.